The van der Waals surface area contributed by atoms with Crippen LogP contribution < -0.4 is 0 Å². The number of hydrogen-bond acceptors (Lipinski definition) is 0. The molecule has 0 aromatic heterocycles. The van der Waals surface area contributed by atoms with Gasteiger partial charge in [0.25, 0.3) is 0 Å². The van der Waals surface area contributed by atoms with Crippen molar-refractivity contribution in [2.75, 3.05) is 6.54 Å². The number of nitrogens with zero attached hydrogens (tertiary/aromatic N) is 1. The Morgan fingerprint density at radius 2 is 2.23 bits per heavy atom. The smallest absolute Gasteiger partial charge is 0.198 e. The van der Waals surface area contributed by atoms with E-state index in [0.29, 0.717) is 0 Å². The summed E-state index contributed by atoms with van der Waals surface area (Å²) in [5.74, 6) is 0. The Morgan fingerprint density at radius 1 is 1.23 bits per heavy atom. The summed E-state index contributed by atoms with van der Waals surface area (Å²) in [6.45, 7) is 1.05. The van der Waals surface area contributed by atoms with Gasteiger partial charge < -0.3 is 0 Å². The minimum Gasteiger partial charge on any atom is -0.198 e. The van der Waals surface area contributed by atoms with Gasteiger partial charge in [-0.15, -0.1) is 0 Å². The van der Waals surface area contributed by atoms with Gasteiger partial charge in [0.15, 0.2) is 6.54 Å². The van der Waals surface area contributed by atoms with Gasteiger partial charge in [-0.05, 0) is 24.6 Å². The zero-order valence-electron chi connectivity index (χ0n) is 7.53. The number of rotatable bonds is 0. The third kappa shape index (κ3) is 0.966. The largest absolute Gasteiger partial charge is 0.215 e. The maximum Gasteiger partial charge on any atom is 0.215 e. The van der Waals surface area contributed by atoms with Crippen molar-refractivity contribution in [3.8, 4) is 0 Å². The second-order valence-corrected chi connectivity index (χ2v) is 3.63. The molecule has 0 saturated carbocycles. The molecule has 0 unspecified atom stereocenters. The quantitative estimate of drug-likeness (QED) is 0.526. The topological polar surface area (TPSA) is 3.01 Å². The highest BCUT2D eigenvalue weighted by Crippen LogP contribution is 2.31. The zero-order chi connectivity index (χ0) is 8.67. The SMILES string of the molecule is C1=Cc2cccc3c2[N+](=CCC3)C1. The van der Waals surface area contributed by atoms with Crippen LogP contribution in [0.3, 0.4) is 0 Å². The fraction of sp³-hybridized carbons (Fsp3) is 0.250. The van der Waals surface area contributed by atoms with E-state index >= 15 is 0 Å². The molecule has 2 aliphatic heterocycles. The highest BCUT2D eigenvalue weighted by Gasteiger charge is 2.23. The number of aryl methyl sites for hydroxylation is 1. The van der Waals surface area contributed by atoms with Crippen LogP contribution in [0.2, 0.25) is 0 Å². The minimum absolute atomic E-state index is 1.05. The first-order chi connectivity index (χ1) is 6.45. The molecule has 2 aliphatic rings. The molecule has 0 atom stereocenters. The first kappa shape index (κ1) is 7.07. The Hall–Kier alpha value is -1.37. The van der Waals surface area contributed by atoms with Crippen LogP contribution in [0.1, 0.15) is 17.5 Å². The molecular formula is C12H12N+. The van der Waals surface area contributed by atoms with E-state index in [-0.39, 0.29) is 0 Å². The molecule has 1 nitrogen and oxygen atoms in total. The third-order valence-electron chi connectivity index (χ3n) is 2.80. The van der Waals surface area contributed by atoms with Crippen LogP contribution in [-0.2, 0) is 6.42 Å². The van der Waals surface area contributed by atoms with Crippen molar-refractivity contribution in [2.24, 2.45) is 0 Å². The Balaban J connectivity index is 2.34. The number of hydrogen-bond donors (Lipinski definition) is 0. The van der Waals surface area contributed by atoms with E-state index in [4.69, 9.17) is 0 Å². The number of para-hydroxylation sites is 1. The lowest BCUT2D eigenvalue weighted by Gasteiger charge is -2.16. The van der Waals surface area contributed by atoms with Crippen LogP contribution in [0.5, 0.6) is 0 Å². The van der Waals surface area contributed by atoms with Gasteiger partial charge in [-0.25, -0.2) is 0 Å². The normalized spacial score (nSPS) is 18.0. The van der Waals surface area contributed by atoms with E-state index in [2.05, 4.69) is 41.1 Å². The summed E-state index contributed by atoms with van der Waals surface area (Å²) >= 11 is 0. The second-order valence-electron chi connectivity index (χ2n) is 3.63. The Kier molecular flexibility index (Phi) is 1.39. The second kappa shape index (κ2) is 2.56. The van der Waals surface area contributed by atoms with Crippen LogP contribution in [-0.4, -0.2) is 17.3 Å². The summed E-state index contributed by atoms with van der Waals surface area (Å²) in [4.78, 5) is 0. The van der Waals surface area contributed by atoms with Crippen molar-refractivity contribution >= 4 is 18.0 Å². The lowest BCUT2D eigenvalue weighted by atomic mass is 9.98. The summed E-state index contributed by atoms with van der Waals surface area (Å²) in [6, 6.07) is 6.60. The van der Waals surface area contributed by atoms with E-state index in [0.717, 1.165) is 6.54 Å². The van der Waals surface area contributed by atoms with E-state index in [1.807, 2.05) is 0 Å². The van der Waals surface area contributed by atoms with E-state index < -0.39 is 0 Å². The summed E-state index contributed by atoms with van der Waals surface area (Å²) in [6.07, 6.45) is 9.16. The monoisotopic (exact) mass is 170 g/mol. The molecular weight excluding hydrogens is 158 g/mol. The zero-order valence-corrected chi connectivity index (χ0v) is 7.53. The van der Waals surface area contributed by atoms with Crippen LogP contribution in [0.25, 0.3) is 6.08 Å². The molecule has 1 aromatic rings. The minimum atomic E-state index is 1.05. The third-order valence-corrected chi connectivity index (χ3v) is 2.80. The van der Waals surface area contributed by atoms with Gasteiger partial charge in [-0.1, -0.05) is 12.1 Å². The molecule has 0 spiro atoms. The maximum atomic E-state index is 2.37. The van der Waals surface area contributed by atoms with Gasteiger partial charge in [-0.3, -0.25) is 0 Å². The Labute approximate surface area is 78.0 Å². The van der Waals surface area contributed by atoms with E-state index in [9.17, 15) is 0 Å². The van der Waals surface area contributed by atoms with Crippen LogP contribution >= 0.6 is 0 Å². The molecule has 2 heterocycles. The predicted molar refractivity (Wildman–Crippen MR) is 54.6 cm³/mol. The van der Waals surface area contributed by atoms with Crippen LogP contribution in [0.4, 0.5) is 5.69 Å². The summed E-state index contributed by atoms with van der Waals surface area (Å²) < 4.78 is 2.37. The van der Waals surface area contributed by atoms with E-state index in [1.54, 1.807) is 0 Å². The molecule has 0 fully saturated rings. The van der Waals surface area contributed by atoms with Gasteiger partial charge in [0.1, 0.15) is 6.21 Å². The van der Waals surface area contributed by atoms with Crippen molar-refractivity contribution in [1.29, 1.82) is 0 Å². The number of benzene rings is 1. The Morgan fingerprint density at radius 3 is 3.23 bits per heavy atom. The standard InChI is InChI=1S/C12H12N/c1-4-10-6-2-8-13-9-3-7-11(5-1)12(10)13/h1-2,4-6,9H,3,7-8H2/q+1. The lowest BCUT2D eigenvalue weighted by Crippen LogP contribution is -2.17. The van der Waals surface area contributed by atoms with Gasteiger partial charge in [0, 0.05) is 17.5 Å². The van der Waals surface area contributed by atoms with Crippen LogP contribution in [0, 0.1) is 0 Å². The van der Waals surface area contributed by atoms with Crippen molar-refractivity contribution in [2.45, 2.75) is 12.8 Å². The Bertz CT molecular complexity index is 413. The van der Waals surface area contributed by atoms with Gasteiger partial charge in [0.05, 0.1) is 0 Å². The maximum absolute atomic E-state index is 2.37. The van der Waals surface area contributed by atoms with Crippen molar-refractivity contribution in [3.05, 3.63) is 35.4 Å². The lowest BCUT2D eigenvalue weighted by molar-refractivity contribution is -0.428. The molecule has 0 radical (unpaired) electrons. The van der Waals surface area contributed by atoms with Crippen molar-refractivity contribution in [1.82, 2.24) is 0 Å². The van der Waals surface area contributed by atoms with Crippen LogP contribution in [0.15, 0.2) is 24.3 Å². The average molecular weight is 170 g/mol. The molecule has 3 rings (SSSR count). The molecule has 0 N–H and O–H groups in total. The van der Waals surface area contributed by atoms with Crippen molar-refractivity contribution in [3.63, 3.8) is 0 Å². The first-order valence-corrected chi connectivity index (χ1v) is 4.83. The van der Waals surface area contributed by atoms with Gasteiger partial charge in [-0.2, -0.15) is 4.58 Å². The fourth-order valence-electron chi connectivity index (χ4n) is 2.22. The summed E-state index contributed by atoms with van der Waals surface area (Å²) in [5, 5.41) is 0. The molecule has 0 aliphatic carbocycles. The molecule has 1 heteroatoms. The first-order valence-electron chi connectivity index (χ1n) is 4.83. The highest BCUT2D eigenvalue weighted by atomic mass is 15.0. The average Bonchev–Trinajstić information content (AvgIpc) is 2.19. The summed E-state index contributed by atoms with van der Waals surface area (Å²) in [7, 11) is 0. The predicted octanol–water partition coefficient (Wildman–Crippen LogP) is 2.37. The van der Waals surface area contributed by atoms with Crippen molar-refractivity contribution < 1.29 is 4.58 Å². The molecule has 0 amide bonds. The fourth-order valence-corrected chi connectivity index (χ4v) is 2.22. The highest BCUT2D eigenvalue weighted by molar-refractivity contribution is 5.70. The molecule has 0 saturated heterocycles. The van der Waals surface area contributed by atoms with E-state index in [1.165, 1.54) is 29.7 Å². The molecule has 0 bridgehead atoms. The molecule has 1 aromatic carbocycles. The molecule has 13 heavy (non-hydrogen) atoms. The summed E-state index contributed by atoms with van der Waals surface area (Å²) in [5.41, 5.74) is 4.32. The van der Waals surface area contributed by atoms with Gasteiger partial charge >= 0.3 is 0 Å². The molecule has 64 valence electrons. The van der Waals surface area contributed by atoms with Gasteiger partial charge in [0.2, 0.25) is 5.69 Å².